The van der Waals surface area contributed by atoms with Crippen molar-refractivity contribution in [2.24, 2.45) is 5.92 Å². The predicted molar refractivity (Wildman–Crippen MR) is 85.9 cm³/mol. The van der Waals surface area contributed by atoms with E-state index in [1.165, 1.54) is 18.2 Å². The molecule has 0 bridgehead atoms. The number of benzene rings is 1. The number of carbonyl (C=O) groups excluding carboxylic acids is 1. The Bertz CT molecular complexity index is 617. The van der Waals surface area contributed by atoms with E-state index in [2.05, 4.69) is 0 Å². The average molecular weight is 319 g/mol. The number of aliphatic hydroxyl groups excluding tert-OH is 1. The van der Waals surface area contributed by atoms with E-state index in [9.17, 15) is 20.0 Å². The topological polar surface area (TPSA) is 89.7 Å². The second kappa shape index (κ2) is 7.76. The van der Waals surface area contributed by atoms with Crippen molar-refractivity contribution in [1.29, 1.82) is 0 Å². The zero-order valence-electron chi connectivity index (χ0n) is 13.2. The first-order valence-electron chi connectivity index (χ1n) is 7.90. The smallest absolute Gasteiger partial charge is 0.342 e. The molecule has 0 atom stereocenters. The molecule has 0 amide bonds. The van der Waals surface area contributed by atoms with E-state index < -0.39 is 10.9 Å². The maximum absolute atomic E-state index is 12.3. The van der Waals surface area contributed by atoms with Crippen molar-refractivity contribution in [3.63, 3.8) is 0 Å². The van der Waals surface area contributed by atoms with Gasteiger partial charge < -0.3 is 9.84 Å². The van der Waals surface area contributed by atoms with Gasteiger partial charge >= 0.3 is 5.97 Å². The van der Waals surface area contributed by atoms with Crippen LogP contribution in [-0.2, 0) is 9.53 Å². The van der Waals surface area contributed by atoms with Crippen LogP contribution < -0.4 is 0 Å². The van der Waals surface area contributed by atoms with Crippen LogP contribution in [0, 0.1) is 16.0 Å². The van der Waals surface area contributed by atoms with Crippen LogP contribution in [0.3, 0.4) is 0 Å². The summed E-state index contributed by atoms with van der Waals surface area (Å²) in [5, 5.41) is 21.9. The number of allylic oxidation sites excluding steroid dienone is 1. The first-order valence-corrected chi connectivity index (χ1v) is 7.90. The maximum atomic E-state index is 12.3. The minimum Gasteiger partial charge on any atom is -0.511 e. The molecule has 1 aliphatic rings. The van der Waals surface area contributed by atoms with Crippen molar-refractivity contribution < 1.29 is 19.6 Å². The van der Waals surface area contributed by atoms with E-state index >= 15 is 0 Å². The third-order valence-corrected chi connectivity index (χ3v) is 4.10. The van der Waals surface area contributed by atoms with E-state index in [0.717, 1.165) is 32.1 Å². The molecular formula is C17H21NO5. The predicted octanol–water partition coefficient (Wildman–Crippen LogP) is 4.01. The van der Waals surface area contributed by atoms with Crippen LogP contribution in [0.25, 0.3) is 5.57 Å². The molecule has 1 aromatic rings. The summed E-state index contributed by atoms with van der Waals surface area (Å²) in [4.78, 5) is 23.0. The van der Waals surface area contributed by atoms with Crippen LogP contribution >= 0.6 is 0 Å². The first-order chi connectivity index (χ1) is 11.1. The molecule has 0 spiro atoms. The molecule has 0 radical (unpaired) electrons. The van der Waals surface area contributed by atoms with Crippen molar-refractivity contribution in [2.45, 2.75) is 39.0 Å². The second-order valence-corrected chi connectivity index (χ2v) is 5.59. The Morgan fingerprint density at radius 2 is 1.96 bits per heavy atom. The van der Waals surface area contributed by atoms with Gasteiger partial charge in [0.25, 0.3) is 5.69 Å². The van der Waals surface area contributed by atoms with Crippen LogP contribution in [-0.4, -0.2) is 22.6 Å². The number of aliphatic hydroxyl groups is 1. The third kappa shape index (κ3) is 3.88. The Hall–Kier alpha value is -2.37. The fourth-order valence-electron chi connectivity index (χ4n) is 2.98. The van der Waals surface area contributed by atoms with Gasteiger partial charge in [-0.1, -0.05) is 31.4 Å². The van der Waals surface area contributed by atoms with Gasteiger partial charge in [0, 0.05) is 12.0 Å². The molecule has 1 aliphatic carbocycles. The fraction of sp³-hybridized carbons (Fsp3) is 0.471. The number of hydrogen-bond donors (Lipinski definition) is 1. The van der Waals surface area contributed by atoms with Gasteiger partial charge in [-0.3, -0.25) is 10.1 Å². The summed E-state index contributed by atoms with van der Waals surface area (Å²) >= 11 is 0. The lowest BCUT2D eigenvalue weighted by molar-refractivity contribution is -0.385. The molecule has 0 aromatic heterocycles. The molecule has 1 N–H and O–H groups in total. The molecule has 6 nitrogen and oxygen atoms in total. The average Bonchev–Trinajstić information content (AvgIpc) is 2.56. The molecule has 0 heterocycles. The van der Waals surface area contributed by atoms with Gasteiger partial charge in [-0.15, -0.1) is 0 Å². The molecule has 0 saturated heterocycles. The fourth-order valence-corrected chi connectivity index (χ4v) is 2.98. The zero-order valence-corrected chi connectivity index (χ0v) is 13.2. The van der Waals surface area contributed by atoms with Crippen LogP contribution in [0.15, 0.2) is 30.0 Å². The summed E-state index contributed by atoms with van der Waals surface area (Å²) < 4.78 is 5.03. The van der Waals surface area contributed by atoms with E-state index in [4.69, 9.17) is 4.74 Å². The SMILES string of the molecule is CCOC(=O)/C(=C(\O)C1CCCCC1)c1ccccc1[N+](=O)[O-]. The van der Waals surface area contributed by atoms with Crippen molar-refractivity contribution in [3.05, 3.63) is 45.7 Å². The van der Waals surface area contributed by atoms with Crippen LogP contribution in [0.4, 0.5) is 5.69 Å². The summed E-state index contributed by atoms with van der Waals surface area (Å²) in [5.41, 5.74) is -0.178. The molecule has 124 valence electrons. The van der Waals surface area contributed by atoms with E-state index in [-0.39, 0.29) is 35.1 Å². The number of nitro groups is 1. The Kier molecular flexibility index (Phi) is 5.73. The van der Waals surface area contributed by atoms with Crippen molar-refractivity contribution in [3.8, 4) is 0 Å². The van der Waals surface area contributed by atoms with E-state index in [1.54, 1.807) is 13.0 Å². The monoisotopic (exact) mass is 319 g/mol. The number of ether oxygens (including phenoxy) is 1. The highest BCUT2D eigenvalue weighted by Crippen LogP contribution is 2.36. The molecule has 0 aliphatic heterocycles. The Morgan fingerprint density at radius 1 is 1.30 bits per heavy atom. The Morgan fingerprint density at radius 3 is 2.57 bits per heavy atom. The van der Waals surface area contributed by atoms with Crippen molar-refractivity contribution in [1.82, 2.24) is 0 Å². The molecule has 6 heteroatoms. The number of carbonyl (C=O) groups is 1. The van der Waals surface area contributed by atoms with Gasteiger partial charge in [0.05, 0.1) is 17.1 Å². The van der Waals surface area contributed by atoms with Gasteiger partial charge in [-0.2, -0.15) is 0 Å². The molecule has 1 aromatic carbocycles. The Labute approximate surface area is 134 Å². The van der Waals surface area contributed by atoms with E-state index in [1.807, 2.05) is 0 Å². The molecule has 1 fully saturated rings. The maximum Gasteiger partial charge on any atom is 0.342 e. The minimum atomic E-state index is -0.718. The first kappa shape index (κ1) is 17.0. The van der Waals surface area contributed by atoms with Crippen molar-refractivity contribution >= 4 is 17.2 Å². The summed E-state index contributed by atoms with van der Waals surface area (Å²) in [6.07, 6.45) is 4.60. The highest BCUT2D eigenvalue weighted by molar-refractivity contribution is 6.18. The lowest BCUT2D eigenvalue weighted by Crippen LogP contribution is -2.17. The van der Waals surface area contributed by atoms with Gasteiger partial charge in [0.2, 0.25) is 0 Å². The van der Waals surface area contributed by atoms with Crippen LogP contribution in [0.5, 0.6) is 0 Å². The van der Waals surface area contributed by atoms with Crippen LogP contribution in [0.1, 0.15) is 44.6 Å². The zero-order chi connectivity index (χ0) is 16.8. The summed E-state index contributed by atoms with van der Waals surface area (Å²) in [6.45, 7) is 1.80. The minimum absolute atomic E-state index is 0.0777. The normalized spacial score (nSPS) is 16.6. The highest BCUT2D eigenvalue weighted by atomic mass is 16.6. The number of esters is 1. The van der Waals surface area contributed by atoms with Gasteiger partial charge in [-0.05, 0) is 25.8 Å². The lowest BCUT2D eigenvalue weighted by atomic mass is 9.85. The number of nitro benzene ring substituents is 1. The molecule has 1 saturated carbocycles. The Balaban J connectivity index is 2.54. The van der Waals surface area contributed by atoms with Crippen LogP contribution in [0.2, 0.25) is 0 Å². The molecule has 23 heavy (non-hydrogen) atoms. The summed E-state index contributed by atoms with van der Waals surface area (Å²) in [5.74, 6) is -0.953. The van der Waals surface area contributed by atoms with Gasteiger partial charge in [0.15, 0.2) is 0 Å². The largest absolute Gasteiger partial charge is 0.511 e. The molecular weight excluding hydrogens is 298 g/mol. The molecule has 2 rings (SSSR count). The number of rotatable bonds is 5. The standard InChI is InChI=1S/C17H21NO5/c1-2-23-17(20)15(16(19)12-8-4-3-5-9-12)13-10-6-7-11-14(13)18(21)22/h6-7,10-12,19H,2-5,8-9H2,1H3/b16-15-. The second-order valence-electron chi connectivity index (χ2n) is 5.59. The third-order valence-electron chi connectivity index (χ3n) is 4.10. The molecule has 0 unspecified atom stereocenters. The number of para-hydroxylation sites is 1. The highest BCUT2D eigenvalue weighted by Gasteiger charge is 2.30. The lowest BCUT2D eigenvalue weighted by Gasteiger charge is -2.23. The number of nitrogens with zero attached hydrogens (tertiary/aromatic N) is 1. The van der Waals surface area contributed by atoms with E-state index in [0.29, 0.717) is 0 Å². The van der Waals surface area contributed by atoms with Crippen molar-refractivity contribution in [2.75, 3.05) is 6.61 Å². The quantitative estimate of drug-likeness (QED) is 0.291. The summed E-state index contributed by atoms with van der Waals surface area (Å²) in [7, 11) is 0. The number of hydrogen-bond acceptors (Lipinski definition) is 5. The van der Waals surface area contributed by atoms with Gasteiger partial charge in [0.1, 0.15) is 11.3 Å². The summed E-state index contributed by atoms with van der Waals surface area (Å²) in [6, 6.07) is 5.93. The van der Waals surface area contributed by atoms with Gasteiger partial charge in [-0.25, -0.2) is 4.79 Å².